The Balaban J connectivity index is 2.74. The number of carboxylic acids is 1. The molecule has 1 fully saturated rings. The van der Waals surface area contributed by atoms with E-state index >= 15 is 0 Å². The number of aliphatic carboxylic acids is 1. The van der Waals surface area contributed by atoms with Crippen LogP contribution in [0.2, 0.25) is 0 Å². The van der Waals surface area contributed by atoms with Crippen molar-refractivity contribution >= 4 is 11.9 Å². The molecule has 0 aromatic rings. The molecule has 0 aromatic carbocycles. The fourth-order valence-electron chi connectivity index (χ4n) is 3.18. The SMILES string of the molecule is CC[C@@H](C(=O)N1C[C@@H](O)[C@@H](N(C)CC(=O)O)C1)N(CC)CC. The maximum absolute atomic E-state index is 12.7. The van der Waals surface area contributed by atoms with E-state index < -0.39 is 12.1 Å². The number of likely N-dealkylation sites (tertiary alicyclic amines) is 1. The van der Waals surface area contributed by atoms with E-state index in [0.717, 1.165) is 19.5 Å². The minimum Gasteiger partial charge on any atom is -0.480 e. The average molecular weight is 315 g/mol. The van der Waals surface area contributed by atoms with Crippen molar-refractivity contribution in [1.29, 1.82) is 0 Å². The molecule has 1 saturated heterocycles. The molecule has 1 aliphatic heterocycles. The molecule has 0 radical (unpaired) electrons. The summed E-state index contributed by atoms with van der Waals surface area (Å²) in [5.41, 5.74) is 0. The minimum atomic E-state index is -0.936. The first-order chi connectivity index (χ1) is 10.3. The zero-order chi connectivity index (χ0) is 16.9. The monoisotopic (exact) mass is 315 g/mol. The van der Waals surface area contributed by atoms with Gasteiger partial charge in [0.15, 0.2) is 0 Å². The number of aliphatic hydroxyl groups is 1. The van der Waals surface area contributed by atoms with Gasteiger partial charge < -0.3 is 15.1 Å². The number of β-amino-alcohol motifs (C(OH)–C–C–N with tert-alkyl or cyclic N) is 1. The number of carbonyl (C=O) groups is 2. The molecule has 7 nitrogen and oxygen atoms in total. The maximum Gasteiger partial charge on any atom is 0.317 e. The normalized spacial score (nSPS) is 23.3. The molecule has 0 saturated carbocycles. The molecular formula is C15H29N3O4. The summed E-state index contributed by atoms with van der Waals surface area (Å²) in [4.78, 5) is 28.9. The molecular weight excluding hydrogens is 286 g/mol. The highest BCUT2D eigenvalue weighted by Gasteiger charge is 2.39. The summed E-state index contributed by atoms with van der Waals surface area (Å²) >= 11 is 0. The van der Waals surface area contributed by atoms with Crippen LogP contribution in [0, 0.1) is 0 Å². The van der Waals surface area contributed by atoms with Crippen molar-refractivity contribution in [1.82, 2.24) is 14.7 Å². The summed E-state index contributed by atoms with van der Waals surface area (Å²) < 4.78 is 0. The van der Waals surface area contributed by atoms with E-state index in [0.29, 0.717) is 6.54 Å². The summed E-state index contributed by atoms with van der Waals surface area (Å²) in [6.45, 7) is 8.16. The number of amides is 1. The molecule has 3 atom stereocenters. The van der Waals surface area contributed by atoms with Crippen LogP contribution >= 0.6 is 0 Å². The zero-order valence-electron chi connectivity index (χ0n) is 14.0. The Kier molecular flexibility index (Phi) is 7.25. The van der Waals surface area contributed by atoms with Crippen LogP contribution in [0.3, 0.4) is 0 Å². The third-order valence-electron chi connectivity index (χ3n) is 4.45. The third-order valence-corrected chi connectivity index (χ3v) is 4.45. The highest BCUT2D eigenvalue weighted by atomic mass is 16.4. The number of hydrogen-bond acceptors (Lipinski definition) is 5. The van der Waals surface area contributed by atoms with Crippen molar-refractivity contribution in [3.8, 4) is 0 Å². The van der Waals surface area contributed by atoms with Gasteiger partial charge in [0.2, 0.25) is 5.91 Å². The Labute approximate surface area is 132 Å². The summed E-state index contributed by atoms with van der Waals surface area (Å²) in [6.07, 6.45) is 0.0189. The lowest BCUT2D eigenvalue weighted by Gasteiger charge is -2.31. The van der Waals surface area contributed by atoms with Crippen LogP contribution in [0.5, 0.6) is 0 Å². The van der Waals surface area contributed by atoms with Crippen LogP contribution < -0.4 is 0 Å². The molecule has 0 aliphatic carbocycles. The number of likely N-dealkylation sites (N-methyl/N-ethyl adjacent to an activating group) is 2. The standard InChI is InChI=1S/C15H29N3O4/c1-5-11(17(6-2)7-3)15(22)18-8-12(13(19)9-18)16(4)10-14(20)21/h11-13,19H,5-10H2,1-4H3,(H,20,21)/t11-,12-,13+/m0/s1. The molecule has 1 heterocycles. The first-order valence-electron chi connectivity index (χ1n) is 7.98. The van der Waals surface area contributed by atoms with Crippen molar-refractivity contribution in [2.45, 2.75) is 45.4 Å². The molecule has 0 spiro atoms. The first-order valence-corrected chi connectivity index (χ1v) is 7.98. The second kappa shape index (κ2) is 8.45. The van der Waals surface area contributed by atoms with Gasteiger partial charge in [-0.1, -0.05) is 20.8 Å². The second-order valence-corrected chi connectivity index (χ2v) is 5.83. The molecule has 22 heavy (non-hydrogen) atoms. The van der Waals surface area contributed by atoms with Crippen molar-refractivity contribution in [2.75, 3.05) is 39.8 Å². The quantitative estimate of drug-likeness (QED) is 0.639. The lowest BCUT2D eigenvalue weighted by Crippen LogP contribution is -2.48. The Morgan fingerprint density at radius 1 is 1.23 bits per heavy atom. The van der Waals surface area contributed by atoms with Gasteiger partial charge in [-0.05, 0) is 26.6 Å². The van der Waals surface area contributed by atoms with Gasteiger partial charge in [-0.2, -0.15) is 0 Å². The number of rotatable bonds is 8. The van der Waals surface area contributed by atoms with E-state index in [9.17, 15) is 14.7 Å². The number of hydrogen-bond donors (Lipinski definition) is 2. The molecule has 2 N–H and O–H groups in total. The van der Waals surface area contributed by atoms with Crippen molar-refractivity contribution in [3.05, 3.63) is 0 Å². The smallest absolute Gasteiger partial charge is 0.317 e. The predicted octanol–water partition coefficient (Wildman–Crippen LogP) is -0.305. The molecule has 1 amide bonds. The van der Waals surface area contributed by atoms with E-state index in [1.54, 1.807) is 16.8 Å². The van der Waals surface area contributed by atoms with Gasteiger partial charge in [0, 0.05) is 13.1 Å². The topological polar surface area (TPSA) is 84.3 Å². The summed E-state index contributed by atoms with van der Waals surface area (Å²) in [7, 11) is 1.66. The lowest BCUT2D eigenvalue weighted by atomic mass is 10.1. The first kappa shape index (κ1) is 18.9. The fraction of sp³-hybridized carbons (Fsp3) is 0.867. The highest BCUT2D eigenvalue weighted by Crippen LogP contribution is 2.18. The van der Waals surface area contributed by atoms with Crippen LogP contribution in [-0.4, -0.2) is 94.7 Å². The van der Waals surface area contributed by atoms with E-state index in [-0.39, 0.29) is 31.1 Å². The number of carboxylic acid groups (broad SMARTS) is 1. The fourth-order valence-corrected chi connectivity index (χ4v) is 3.18. The molecule has 1 aliphatic rings. The van der Waals surface area contributed by atoms with E-state index in [1.165, 1.54) is 0 Å². The van der Waals surface area contributed by atoms with Crippen LogP contribution in [-0.2, 0) is 9.59 Å². The average Bonchev–Trinajstić information content (AvgIpc) is 2.85. The number of aliphatic hydroxyl groups excluding tert-OH is 1. The van der Waals surface area contributed by atoms with Crippen LogP contribution in [0.25, 0.3) is 0 Å². The number of carbonyl (C=O) groups excluding carboxylic acids is 1. The lowest BCUT2D eigenvalue weighted by molar-refractivity contribution is -0.138. The van der Waals surface area contributed by atoms with Gasteiger partial charge >= 0.3 is 5.97 Å². The van der Waals surface area contributed by atoms with E-state index in [1.807, 2.05) is 20.8 Å². The minimum absolute atomic E-state index is 0.0245. The number of nitrogens with zero attached hydrogens (tertiary/aromatic N) is 3. The van der Waals surface area contributed by atoms with Crippen LogP contribution in [0.4, 0.5) is 0 Å². The Hall–Kier alpha value is -1.18. The van der Waals surface area contributed by atoms with Gasteiger partial charge in [0.05, 0.1) is 24.7 Å². The second-order valence-electron chi connectivity index (χ2n) is 5.83. The molecule has 1 rings (SSSR count). The van der Waals surface area contributed by atoms with Gasteiger partial charge in [-0.25, -0.2) is 0 Å². The predicted molar refractivity (Wildman–Crippen MR) is 83.6 cm³/mol. The largest absolute Gasteiger partial charge is 0.480 e. The zero-order valence-corrected chi connectivity index (χ0v) is 14.0. The third kappa shape index (κ3) is 4.41. The van der Waals surface area contributed by atoms with Crippen LogP contribution in [0.15, 0.2) is 0 Å². The summed E-state index contributed by atoms with van der Waals surface area (Å²) in [6, 6.07) is -0.500. The Bertz CT molecular complexity index is 387. The molecule has 7 heteroatoms. The Morgan fingerprint density at radius 3 is 2.27 bits per heavy atom. The molecule has 0 aromatic heterocycles. The molecule has 0 bridgehead atoms. The highest BCUT2D eigenvalue weighted by molar-refractivity contribution is 5.82. The van der Waals surface area contributed by atoms with Gasteiger partial charge in [-0.3, -0.25) is 19.4 Å². The van der Waals surface area contributed by atoms with E-state index in [4.69, 9.17) is 5.11 Å². The van der Waals surface area contributed by atoms with Crippen LogP contribution in [0.1, 0.15) is 27.2 Å². The summed E-state index contributed by atoms with van der Waals surface area (Å²) in [5.74, 6) is -0.912. The Morgan fingerprint density at radius 2 is 1.82 bits per heavy atom. The van der Waals surface area contributed by atoms with Crippen molar-refractivity contribution in [3.63, 3.8) is 0 Å². The van der Waals surface area contributed by atoms with Gasteiger partial charge in [-0.15, -0.1) is 0 Å². The van der Waals surface area contributed by atoms with Gasteiger partial charge in [0.25, 0.3) is 0 Å². The van der Waals surface area contributed by atoms with Crippen molar-refractivity contribution in [2.24, 2.45) is 0 Å². The molecule has 128 valence electrons. The maximum atomic E-state index is 12.7. The summed E-state index contributed by atoms with van der Waals surface area (Å²) in [5, 5.41) is 19.0. The van der Waals surface area contributed by atoms with Gasteiger partial charge in [0.1, 0.15) is 0 Å². The van der Waals surface area contributed by atoms with E-state index in [2.05, 4.69) is 4.90 Å². The van der Waals surface area contributed by atoms with Crippen molar-refractivity contribution < 1.29 is 19.8 Å². The molecule has 0 unspecified atom stereocenters.